The van der Waals surface area contributed by atoms with Crippen LogP contribution < -0.4 is 74.3 Å². The first kappa shape index (κ1) is 10.7. The average molecular weight is 201 g/mol. The van der Waals surface area contributed by atoms with Gasteiger partial charge in [0.25, 0.3) is 0 Å². The molecule has 0 spiro atoms. The maximum atomic E-state index is 10.9. The van der Waals surface area contributed by atoms with E-state index in [0.29, 0.717) is 12.8 Å². The van der Waals surface area contributed by atoms with Gasteiger partial charge in [-0.05, 0) is 25.9 Å². The Bertz CT molecular complexity index is 79.0. The van der Waals surface area contributed by atoms with Gasteiger partial charge in [-0.2, -0.15) is 0 Å². The van der Waals surface area contributed by atoms with Crippen LogP contribution in [0.5, 0.6) is 0 Å². The van der Waals surface area contributed by atoms with Crippen molar-refractivity contribution in [1.29, 1.82) is 0 Å². The quantitative estimate of drug-likeness (QED) is 0.387. The first-order chi connectivity index (χ1) is 3.71. The van der Waals surface area contributed by atoms with Crippen molar-refractivity contribution in [3.63, 3.8) is 0 Å². The van der Waals surface area contributed by atoms with Crippen LogP contribution in [0.1, 0.15) is 12.8 Å². The second kappa shape index (κ2) is 4.54. The zero-order valence-corrected chi connectivity index (χ0v) is 10.7. The molecule has 0 amide bonds. The molecule has 0 aromatic carbocycles. The standard InChI is InChI=1S/C5H11N2O.Rb/c6-5(8)1-3-7-4-2-5;/h7H,1-4,6H2;/q-1;+1. The SMILES string of the molecule is NC1([O-])CCNCC1.[Rb+]. The first-order valence-electron chi connectivity index (χ1n) is 2.91. The molecule has 1 aliphatic rings. The molecule has 0 unspecified atom stereocenters. The Morgan fingerprint density at radius 3 is 2.00 bits per heavy atom. The van der Waals surface area contributed by atoms with Gasteiger partial charge in [-0.1, -0.05) is 5.72 Å². The fourth-order valence-electron chi connectivity index (χ4n) is 0.850. The normalized spacial score (nSPS) is 24.7. The van der Waals surface area contributed by atoms with Crippen LogP contribution in [0, 0.1) is 0 Å². The number of nitrogens with two attached hydrogens (primary N) is 1. The Morgan fingerprint density at radius 1 is 1.33 bits per heavy atom. The zero-order chi connectivity index (χ0) is 6.04. The van der Waals surface area contributed by atoms with Crippen molar-refractivity contribution in [2.45, 2.75) is 18.6 Å². The third-order valence-electron chi connectivity index (χ3n) is 1.45. The van der Waals surface area contributed by atoms with Crippen LogP contribution in [0.2, 0.25) is 0 Å². The van der Waals surface area contributed by atoms with E-state index in [1.165, 1.54) is 0 Å². The van der Waals surface area contributed by atoms with E-state index in [2.05, 4.69) is 5.32 Å². The number of hydrogen-bond acceptors (Lipinski definition) is 3. The fourth-order valence-corrected chi connectivity index (χ4v) is 0.850. The van der Waals surface area contributed by atoms with Crippen molar-refractivity contribution >= 4 is 0 Å². The molecule has 0 aliphatic carbocycles. The van der Waals surface area contributed by atoms with E-state index in [1.54, 1.807) is 0 Å². The maximum absolute atomic E-state index is 10.9. The minimum Gasteiger partial charge on any atom is -0.838 e. The molecule has 1 heterocycles. The van der Waals surface area contributed by atoms with Crippen LogP contribution in [0.15, 0.2) is 0 Å². The van der Waals surface area contributed by atoms with Crippen molar-refractivity contribution in [1.82, 2.24) is 5.32 Å². The van der Waals surface area contributed by atoms with Gasteiger partial charge in [0.1, 0.15) is 0 Å². The molecule has 9 heavy (non-hydrogen) atoms. The average Bonchev–Trinajstić information content (AvgIpc) is 1.65. The van der Waals surface area contributed by atoms with Crippen molar-refractivity contribution in [2.75, 3.05) is 13.1 Å². The van der Waals surface area contributed by atoms with Gasteiger partial charge in [0.2, 0.25) is 0 Å². The van der Waals surface area contributed by atoms with Crippen molar-refractivity contribution < 1.29 is 63.3 Å². The third kappa shape index (κ3) is 4.19. The molecule has 1 saturated heterocycles. The summed E-state index contributed by atoms with van der Waals surface area (Å²) < 4.78 is 0. The molecular weight excluding hydrogens is 190 g/mol. The van der Waals surface area contributed by atoms with Crippen molar-refractivity contribution in [3.05, 3.63) is 0 Å². The van der Waals surface area contributed by atoms with Crippen LogP contribution in [0.25, 0.3) is 0 Å². The Labute approximate surface area is 104 Å². The summed E-state index contributed by atoms with van der Waals surface area (Å²) in [5, 5.41) is 13.9. The molecule has 48 valence electrons. The largest absolute Gasteiger partial charge is 1.00 e. The Morgan fingerprint density at radius 2 is 1.78 bits per heavy atom. The molecule has 1 aliphatic heterocycles. The molecule has 0 aromatic heterocycles. The van der Waals surface area contributed by atoms with Gasteiger partial charge in [-0.3, -0.25) is 0 Å². The molecule has 4 heteroatoms. The Balaban J connectivity index is 0.000000640. The number of nitrogens with one attached hydrogen (secondary N) is 1. The van der Waals surface area contributed by atoms with E-state index in [4.69, 9.17) is 5.73 Å². The van der Waals surface area contributed by atoms with Gasteiger partial charge < -0.3 is 16.2 Å². The summed E-state index contributed by atoms with van der Waals surface area (Å²) in [6.45, 7) is 1.56. The first-order valence-corrected chi connectivity index (χ1v) is 2.91. The van der Waals surface area contributed by atoms with Crippen LogP contribution in [-0.4, -0.2) is 18.8 Å². The van der Waals surface area contributed by atoms with Gasteiger partial charge in [0, 0.05) is 0 Å². The second-order valence-corrected chi connectivity index (χ2v) is 2.31. The minimum atomic E-state index is -1.13. The molecule has 0 bridgehead atoms. The van der Waals surface area contributed by atoms with Crippen molar-refractivity contribution in [3.8, 4) is 0 Å². The predicted octanol–water partition coefficient (Wildman–Crippen LogP) is -4.61. The summed E-state index contributed by atoms with van der Waals surface area (Å²) in [6, 6.07) is 0. The van der Waals surface area contributed by atoms with Crippen LogP contribution in [0.4, 0.5) is 0 Å². The number of hydrogen-bond donors (Lipinski definition) is 2. The Kier molecular flexibility index (Phi) is 5.39. The molecule has 0 aromatic rings. The van der Waals surface area contributed by atoms with E-state index in [0.717, 1.165) is 13.1 Å². The van der Waals surface area contributed by atoms with Crippen LogP contribution >= 0.6 is 0 Å². The van der Waals surface area contributed by atoms with E-state index < -0.39 is 5.72 Å². The third-order valence-corrected chi connectivity index (χ3v) is 1.45. The van der Waals surface area contributed by atoms with Crippen molar-refractivity contribution in [2.24, 2.45) is 5.73 Å². The second-order valence-electron chi connectivity index (χ2n) is 2.31. The smallest absolute Gasteiger partial charge is 0.838 e. The molecule has 0 radical (unpaired) electrons. The molecule has 0 atom stereocenters. The monoisotopic (exact) mass is 200 g/mol. The van der Waals surface area contributed by atoms with Gasteiger partial charge >= 0.3 is 58.2 Å². The van der Waals surface area contributed by atoms with Gasteiger partial charge in [-0.15, -0.1) is 0 Å². The van der Waals surface area contributed by atoms with Gasteiger partial charge in [0.15, 0.2) is 0 Å². The van der Waals surface area contributed by atoms with E-state index in [-0.39, 0.29) is 58.2 Å². The summed E-state index contributed by atoms with van der Waals surface area (Å²) in [7, 11) is 0. The summed E-state index contributed by atoms with van der Waals surface area (Å²) >= 11 is 0. The van der Waals surface area contributed by atoms with Crippen LogP contribution in [-0.2, 0) is 0 Å². The van der Waals surface area contributed by atoms with E-state index in [9.17, 15) is 5.11 Å². The molecule has 1 fully saturated rings. The van der Waals surface area contributed by atoms with Gasteiger partial charge in [0.05, 0.1) is 0 Å². The van der Waals surface area contributed by atoms with E-state index in [1.807, 2.05) is 0 Å². The predicted molar refractivity (Wildman–Crippen MR) is 29.0 cm³/mol. The maximum Gasteiger partial charge on any atom is 1.00 e. The molecule has 3 N–H and O–H groups in total. The zero-order valence-electron chi connectivity index (χ0n) is 5.81. The van der Waals surface area contributed by atoms with E-state index >= 15 is 0 Å². The summed E-state index contributed by atoms with van der Waals surface area (Å²) in [5.41, 5.74) is 4.15. The summed E-state index contributed by atoms with van der Waals surface area (Å²) in [4.78, 5) is 0. The van der Waals surface area contributed by atoms with Gasteiger partial charge in [-0.25, -0.2) is 0 Å². The fraction of sp³-hybridized carbons (Fsp3) is 1.00. The minimum absolute atomic E-state index is 0. The molecule has 3 nitrogen and oxygen atoms in total. The molecule has 1 rings (SSSR count). The van der Waals surface area contributed by atoms with Crippen LogP contribution in [0.3, 0.4) is 0 Å². The number of piperidine rings is 1. The summed E-state index contributed by atoms with van der Waals surface area (Å²) in [5.74, 6) is 0. The summed E-state index contributed by atoms with van der Waals surface area (Å²) in [6.07, 6.45) is 1.12. The number of rotatable bonds is 0. The topological polar surface area (TPSA) is 61.1 Å². The molecule has 0 saturated carbocycles. The molecular formula is C5H11N2ORb. The Hall–Kier alpha value is 1.69.